The van der Waals surface area contributed by atoms with Gasteiger partial charge >= 0.3 is 0 Å². The van der Waals surface area contributed by atoms with E-state index in [4.69, 9.17) is 27.9 Å². The molecule has 6 heteroatoms. The number of methoxy groups -OCH3 is 1. The molecule has 2 aromatic rings. The van der Waals surface area contributed by atoms with Crippen molar-refractivity contribution in [1.29, 1.82) is 0 Å². The third-order valence-corrected chi connectivity index (χ3v) is 4.80. The van der Waals surface area contributed by atoms with Gasteiger partial charge in [0.25, 0.3) is 0 Å². The number of carbonyl (C=O) groups excluding carboxylic acids is 1. The maximum atomic E-state index is 12.2. The van der Waals surface area contributed by atoms with E-state index in [1.807, 2.05) is 31.3 Å². The minimum Gasteiger partial charge on any atom is -0.496 e. The molecule has 2 rings (SSSR count). The molecule has 1 N–H and O–H groups in total. The molecule has 0 radical (unpaired) electrons. The number of nitrogens with zero attached hydrogens (tertiary/aromatic N) is 1. The standard InChI is InChI=1S/C19H22Cl2N2O2/c1-13(14-7-4-5-10-17(14)25-3)23(2)12-11-18(24)22-19-15(20)8-6-9-16(19)21/h4-10,13H,11-12H2,1-3H3,(H,22,24)/t13-/m0/s1. The van der Waals surface area contributed by atoms with Crippen LogP contribution in [0.15, 0.2) is 42.5 Å². The number of halogens is 2. The fraction of sp³-hybridized carbons (Fsp3) is 0.316. The van der Waals surface area contributed by atoms with E-state index in [0.29, 0.717) is 28.7 Å². The lowest BCUT2D eigenvalue weighted by Gasteiger charge is -2.26. The highest BCUT2D eigenvalue weighted by Gasteiger charge is 2.17. The van der Waals surface area contributed by atoms with E-state index in [2.05, 4.69) is 17.1 Å². The van der Waals surface area contributed by atoms with Gasteiger partial charge in [0, 0.05) is 24.6 Å². The van der Waals surface area contributed by atoms with Crippen LogP contribution in [0.5, 0.6) is 5.75 Å². The van der Waals surface area contributed by atoms with Gasteiger partial charge in [-0.1, -0.05) is 47.5 Å². The van der Waals surface area contributed by atoms with Crippen LogP contribution >= 0.6 is 23.2 Å². The van der Waals surface area contributed by atoms with E-state index in [-0.39, 0.29) is 11.9 Å². The SMILES string of the molecule is COc1ccccc1[C@H](C)N(C)CCC(=O)Nc1c(Cl)cccc1Cl. The average molecular weight is 381 g/mol. The molecule has 4 nitrogen and oxygen atoms in total. The molecule has 0 spiro atoms. The first kappa shape index (κ1) is 19.6. The predicted octanol–water partition coefficient (Wildman–Crippen LogP) is 5.02. The number of carbonyl (C=O) groups is 1. The second kappa shape index (κ2) is 9.09. The predicted molar refractivity (Wildman–Crippen MR) is 104 cm³/mol. The van der Waals surface area contributed by atoms with Crippen molar-refractivity contribution >= 4 is 34.8 Å². The molecule has 1 amide bonds. The summed E-state index contributed by atoms with van der Waals surface area (Å²) in [5.74, 6) is 0.711. The molecule has 134 valence electrons. The van der Waals surface area contributed by atoms with Crippen LogP contribution in [0.2, 0.25) is 10.0 Å². The van der Waals surface area contributed by atoms with Gasteiger partial charge in [-0.25, -0.2) is 0 Å². The molecule has 0 aliphatic heterocycles. The molecule has 0 aromatic heterocycles. The number of rotatable bonds is 7. The highest BCUT2D eigenvalue weighted by molar-refractivity contribution is 6.39. The van der Waals surface area contributed by atoms with Crippen molar-refractivity contribution in [1.82, 2.24) is 4.90 Å². The molecule has 0 saturated heterocycles. The van der Waals surface area contributed by atoms with Gasteiger partial charge in [-0.15, -0.1) is 0 Å². The number of hydrogen-bond acceptors (Lipinski definition) is 3. The third kappa shape index (κ3) is 5.11. The molecule has 2 aromatic carbocycles. The maximum Gasteiger partial charge on any atom is 0.225 e. The van der Waals surface area contributed by atoms with Crippen molar-refractivity contribution < 1.29 is 9.53 Å². The number of para-hydroxylation sites is 2. The highest BCUT2D eigenvalue weighted by Crippen LogP contribution is 2.30. The monoisotopic (exact) mass is 380 g/mol. The van der Waals surface area contributed by atoms with Crippen molar-refractivity contribution in [3.63, 3.8) is 0 Å². The number of anilines is 1. The summed E-state index contributed by atoms with van der Waals surface area (Å²) >= 11 is 12.2. The van der Waals surface area contributed by atoms with Gasteiger partial charge < -0.3 is 10.1 Å². The summed E-state index contributed by atoms with van der Waals surface area (Å²) < 4.78 is 5.41. The van der Waals surface area contributed by atoms with Crippen molar-refractivity contribution in [2.24, 2.45) is 0 Å². The fourth-order valence-electron chi connectivity index (χ4n) is 2.54. The van der Waals surface area contributed by atoms with E-state index < -0.39 is 0 Å². The van der Waals surface area contributed by atoms with E-state index in [0.717, 1.165) is 11.3 Å². The van der Waals surface area contributed by atoms with Crippen LogP contribution in [0.25, 0.3) is 0 Å². The zero-order valence-corrected chi connectivity index (χ0v) is 16.1. The summed E-state index contributed by atoms with van der Waals surface area (Å²) in [6.07, 6.45) is 0.331. The largest absolute Gasteiger partial charge is 0.496 e. The lowest BCUT2D eigenvalue weighted by atomic mass is 10.1. The molecular formula is C19H22Cl2N2O2. The van der Waals surface area contributed by atoms with E-state index in [1.54, 1.807) is 25.3 Å². The maximum absolute atomic E-state index is 12.2. The van der Waals surface area contributed by atoms with Crippen LogP contribution in [0.1, 0.15) is 24.9 Å². The van der Waals surface area contributed by atoms with Crippen molar-refractivity contribution in [2.75, 3.05) is 26.0 Å². The summed E-state index contributed by atoms with van der Waals surface area (Å²) in [6.45, 7) is 2.67. The molecule has 0 heterocycles. The Morgan fingerprint density at radius 2 is 1.80 bits per heavy atom. The molecular weight excluding hydrogens is 359 g/mol. The number of amides is 1. The van der Waals surface area contributed by atoms with Crippen LogP contribution in [0.3, 0.4) is 0 Å². The van der Waals surface area contributed by atoms with Crippen LogP contribution in [0, 0.1) is 0 Å². The van der Waals surface area contributed by atoms with Crippen molar-refractivity contribution in [2.45, 2.75) is 19.4 Å². The topological polar surface area (TPSA) is 41.6 Å². The molecule has 0 bridgehead atoms. The molecule has 25 heavy (non-hydrogen) atoms. The summed E-state index contributed by atoms with van der Waals surface area (Å²) in [7, 11) is 3.64. The molecule has 0 saturated carbocycles. The lowest BCUT2D eigenvalue weighted by Crippen LogP contribution is -2.27. The van der Waals surface area contributed by atoms with Crippen LogP contribution in [0.4, 0.5) is 5.69 Å². The molecule has 1 atom stereocenters. The molecule has 0 aliphatic rings. The average Bonchev–Trinajstić information content (AvgIpc) is 2.62. The number of hydrogen-bond donors (Lipinski definition) is 1. The van der Waals surface area contributed by atoms with Crippen LogP contribution in [-0.4, -0.2) is 31.5 Å². The Balaban J connectivity index is 1.95. The fourth-order valence-corrected chi connectivity index (χ4v) is 3.03. The highest BCUT2D eigenvalue weighted by atomic mass is 35.5. The van der Waals surface area contributed by atoms with E-state index >= 15 is 0 Å². The zero-order valence-electron chi connectivity index (χ0n) is 14.6. The summed E-state index contributed by atoms with van der Waals surface area (Å²) in [6, 6.07) is 13.1. The van der Waals surface area contributed by atoms with Gasteiger partial charge in [-0.3, -0.25) is 9.69 Å². The number of benzene rings is 2. The van der Waals surface area contributed by atoms with E-state index in [1.165, 1.54) is 0 Å². The first-order chi connectivity index (χ1) is 11.9. The first-order valence-corrected chi connectivity index (χ1v) is 8.76. The minimum atomic E-state index is -0.130. The van der Waals surface area contributed by atoms with Crippen molar-refractivity contribution in [3.05, 3.63) is 58.1 Å². The Morgan fingerprint density at radius 1 is 1.16 bits per heavy atom. The summed E-state index contributed by atoms with van der Waals surface area (Å²) in [5, 5.41) is 3.64. The lowest BCUT2D eigenvalue weighted by molar-refractivity contribution is -0.116. The zero-order chi connectivity index (χ0) is 18.4. The van der Waals surface area contributed by atoms with Gasteiger partial charge in [0.2, 0.25) is 5.91 Å². The first-order valence-electron chi connectivity index (χ1n) is 8.01. The van der Waals surface area contributed by atoms with Crippen molar-refractivity contribution in [3.8, 4) is 5.75 Å². The summed E-state index contributed by atoms with van der Waals surface area (Å²) in [5.41, 5.74) is 1.54. The van der Waals surface area contributed by atoms with Crippen LogP contribution < -0.4 is 10.1 Å². The van der Waals surface area contributed by atoms with Gasteiger partial charge in [0.05, 0.1) is 22.8 Å². The Hall–Kier alpha value is -1.75. The Bertz CT molecular complexity index is 717. The Morgan fingerprint density at radius 3 is 2.44 bits per heavy atom. The molecule has 0 aliphatic carbocycles. The Labute approximate surface area is 158 Å². The molecule has 0 fully saturated rings. The van der Waals surface area contributed by atoms with Gasteiger partial charge in [-0.05, 0) is 32.2 Å². The van der Waals surface area contributed by atoms with Crippen LogP contribution in [-0.2, 0) is 4.79 Å². The minimum absolute atomic E-state index is 0.118. The smallest absolute Gasteiger partial charge is 0.225 e. The number of nitrogens with one attached hydrogen (secondary N) is 1. The van der Waals surface area contributed by atoms with Gasteiger partial charge in [0.1, 0.15) is 5.75 Å². The third-order valence-electron chi connectivity index (χ3n) is 4.17. The van der Waals surface area contributed by atoms with Gasteiger partial charge in [-0.2, -0.15) is 0 Å². The van der Waals surface area contributed by atoms with Gasteiger partial charge in [0.15, 0.2) is 0 Å². The Kier molecular flexibility index (Phi) is 7.12. The quantitative estimate of drug-likeness (QED) is 0.732. The number of ether oxygens (including phenoxy) is 1. The summed E-state index contributed by atoms with van der Waals surface area (Å²) in [4.78, 5) is 14.3. The second-order valence-electron chi connectivity index (χ2n) is 5.79. The molecule has 0 unspecified atom stereocenters. The normalized spacial score (nSPS) is 12.1. The second-order valence-corrected chi connectivity index (χ2v) is 6.61. The van der Waals surface area contributed by atoms with E-state index in [9.17, 15) is 4.79 Å².